The number of nitrogens with one attached hydrogen (secondary N) is 2. The maximum atomic E-state index is 12.6. The van der Waals surface area contributed by atoms with E-state index in [-0.39, 0.29) is 24.2 Å². The molecule has 0 fully saturated rings. The first kappa shape index (κ1) is 36.8. The van der Waals surface area contributed by atoms with Gasteiger partial charge in [-0.05, 0) is 87.1 Å². The minimum atomic E-state index is -0.293. The smallest absolute Gasteiger partial charge is 0.312 e. The monoisotopic (exact) mass is 639 g/mol. The van der Waals surface area contributed by atoms with E-state index in [1.807, 2.05) is 30.4 Å². The van der Waals surface area contributed by atoms with Gasteiger partial charge in [0.25, 0.3) is 0 Å². The highest BCUT2D eigenvalue weighted by Gasteiger charge is 2.26. The van der Waals surface area contributed by atoms with Crippen LogP contribution >= 0.6 is 11.3 Å². The molecule has 1 aromatic heterocycles. The molecule has 0 bridgehead atoms. The van der Waals surface area contributed by atoms with Crippen molar-refractivity contribution < 1.29 is 19.1 Å². The first-order valence-corrected chi connectivity index (χ1v) is 18.5. The third-order valence-corrected chi connectivity index (χ3v) is 9.66. The highest BCUT2D eigenvalue weighted by molar-refractivity contribution is 7.09. The number of esters is 1. The molecule has 2 amide bonds. The molecule has 7 nitrogen and oxygen atoms in total. The van der Waals surface area contributed by atoms with E-state index < -0.39 is 0 Å². The fourth-order valence-corrected chi connectivity index (χ4v) is 6.99. The fraction of sp³-hybridized carbons (Fsp3) is 0.649. The normalized spacial score (nSPS) is 14.2. The molecule has 2 N–H and O–H groups in total. The largest absolute Gasteiger partial charge is 0.426 e. The number of unbranched alkanes of at least 4 members (excludes halogenated alkanes) is 8. The van der Waals surface area contributed by atoms with Crippen molar-refractivity contribution in [1.82, 2.24) is 15.5 Å². The molecule has 0 saturated carbocycles. The quantitative estimate of drug-likeness (QED) is 0.0752. The first-order chi connectivity index (χ1) is 22.0. The molecular formula is C37H57N3O4S. The minimum Gasteiger partial charge on any atom is -0.426 e. The summed E-state index contributed by atoms with van der Waals surface area (Å²) in [6.45, 7) is 7.41. The van der Waals surface area contributed by atoms with E-state index in [9.17, 15) is 14.4 Å². The molecule has 2 aromatic rings. The van der Waals surface area contributed by atoms with Crippen molar-refractivity contribution in [2.24, 2.45) is 0 Å². The third-order valence-electron chi connectivity index (χ3n) is 8.72. The second kappa shape index (κ2) is 21.9. The van der Waals surface area contributed by atoms with E-state index >= 15 is 0 Å². The summed E-state index contributed by atoms with van der Waals surface area (Å²) in [5.41, 5.74) is 2.45. The zero-order chi connectivity index (χ0) is 32.1. The lowest BCUT2D eigenvalue weighted by Crippen LogP contribution is -2.41. The molecule has 45 heavy (non-hydrogen) atoms. The Labute approximate surface area is 275 Å². The van der Waals surface area contributed by atoms with Gasteiger partial charge in [0.15, 0.2) is 0 Å². The molecule has 0 aliphatic heterocycles. The van der Waals surface area contributed by atoms with Gasteiger partial charge in [-0.15, -0.1) is 11.3 Å². The van der Waals surface area contributed by atoms with E-state index in [1.165, 1.54) is 36.1 Å². The first-order valence-electron chi connectivity index (χ1n) is 17.6. The lowest BCUT2D eigenvalue weighted by atomic mass is 9.86. The Morgan fingerprint density at radius 1 is 0.844 bits per heavy atom. The molecule has 1 aromatic carbocycles. The van der Waals surface area contributed by atoms with Gasteiger partial charge in [-0.3, -0.25) is 19.3 Å². The zero-order valence-electron chi connectivity index (χ0n) is 27.9. The maximum absolute atomic E-state index is 12.6. The number of ether oxygens (including phenoxy) is 1. The van der Waals surface area contributed by atoms with Gasteiger partial charge >= 0.3 is 5.97 Å². The number of benzene rings is 1. The van der Waals surface area contributed by atoms with Crippen LogP contribution in [0.2, 0.25) is 0 Å². The van der Waals surface area contributed by atoms with E-state index in [0.717, 1.165) is 82.9 Å². The van der Waals surface area contributed by atoms with Crippen LogP contribution in [0.5, 0.6) is 5.75 Å². The second-order valence-corrected chi connectivity index (χ2v) is 13.4. The van der Waals surface area contributed by atoms with Crippen molar-refractivity contribution in [3.63, 3.8) is 0 Å². The highest BCUT2D eigenvalue weighted by atomic mass is 32.1. The van der Waals surface area contributed by atoms with Crippen molar-refractivity contribution in [3.8, 4) is 5.75 Å². The molecule has 3 rings (SSSR count). The van der Waals surface area contributed by atoms with E-state index in [0.29, 0.717) is 37.7 Å². The van der Waals surface area contributed by atoms with Crippen molar-refractivity contribution in [2.75, 3.05) is 26.2 Å². The summed E-state index contributed by atoms with van der Waals surface area (Å²) in [4.78, 5) is 40.4. The minimum absolute atomic E-state index is 0.00811. The Bertz CT molecular complexity index is 1140. The number of nitrogens with zero attached hydrogens (tertiary/aromatic N) is 1. The number of hydrogen-bond acceptors (Lipinski definition) is 6. The average Bonchev–Trinajstić information content (AvgIpc) is 3.56. The number of hydrogen-bond donors (Lipinski definition) is 2. The van der Waals surface area contributed by atoms with Gasteiger partial charge in [-0.1, -0.05) is 70.1 Å². The summed E-state index contributed by atoms with van der Waals surface area (Å²) in [5.74, 6) is 0.560. The molecule has 0 unspecified atom stereocenters. The molecule has 0 saturated heterocycles. The number of amides is 2. The Morgan fingerprint density at radius 3 is 2.18 bits per heavy atom. The topological polar surface area (TPSA) is 87.7 Å². The van der Waals surface area contributed by atoms with Crippen LogP contribution in [0.4, 0.5) is 0 Å². The summed E-state index contributed by atoms with van der Waals surface area (Å²) in [6.07, 6.45) is 16.5. The SMILES string of the molecule is CCCN(CCc1cccs1)[C@@H]1CCc2c(cccc2OC(=O)CCNC(=O)CCCCCCCCCCCC(=O)NCC)C1. The van der Waals surface area contributed by atoms with Crippen LogP contribution in [0.1, 0.15) is 120 Å². The number of carbonyl (C=O) groups is 3. The Hall–Kier alpha value is -2.71. The van der Waals surface area contributed by atoms with Crippen LogP contribution in [0.15, 0.2) is 35.7 Å². The number of fused-ring (bicyclic) bond motifs is 1. The summed E-state index contributed by atoms with van der Waals surface area (Å²) >= 11 is 1.84. The summed E-state index contributed by atoms with van der Waals surface area (Å²) < 4.78 is 5.80. The van der Waals surface area contributed by atoms with Gasteiger partial charge in [0.05, 0.1) is 6.42 Å². The van der Waals surface area contributed by atoms with Crippen LogP contribution in [0.3, 0.4) is 0 Å². The van der Waals surface area contributed by atoms with Gasteiger partial charge in [0, 0.05) is 43.4 Å². The van der Waals surface area contributed by atoms with Crippen molar-refractivity contribution in [2.45, 2.75) is 129 Å². The molecule has 0 radical (unpaired) electrons. The number of thiophene rings is 1. The molecule has 1 aliphatic carbocycles. The van der Waals surface area contributed by atoms with Gasteiger partial charge in [-0.2, -0.15) is 0 Å². The van der Waals surface area contributed by atoms with Gasteiger partial charge in [-0.25, -0.2) is 0 Å². The predicted octanol–water partition coefficient (Wildman–Crippen LogP) is 7.40. The Kier molecular flexibility index (Phi) is 17.9. The van der Waals surface area contributed by atoms with Gasteiger partial charge in [0.1, 0.15) is 5.75 Å². The number of rotatable bonds is 23. The van der Waals surface area contributed by atoms with Crippen molar-refractivity contribution in [3.05, 3.63) is 51.7 Å². The summed E-state index contributed by atoms with van der Waals surface area (Å²) in [5, 5.41) is 7.88. The molecule has 8 heteroatoms. The standard InChI is InChI=1S/C37H57N3O4S/c1-3-26-40(27-24-32-17-15-28-45-32)31-21-22-33-30(29-31)16-14-18-34(33)44-37(43)23-25-39-36(42)20-13-11-9-7-5-6-8-10-12-19-35(41)38-4-2/h14-18,28,31H,3-13,19-27,29H2,1-2H3,(H,38,41)(H,39,42)/t31-/m1/s1. The molecule has 1 atom stereocenters. The van der Waals surface area contributed by atoms with Crippen LogP contribution < -0.4 is 15.4 Å². The van der Waals surface area contributed by atoms with Crippen LogP contribution in [0.25, 0.3) is 0 Å². The van der Waals surface area contributed by atoms with Crippen molar-refractivity contribution in [1.29, 1.82) is 0 Å². The summed E-state index contributed by atoms with van der Waals surface area (Å²) in [7, 11) is 0. The molecule has 1 heterocycles. The van der Waals surface area contributed by atoms with E-state index in [4.69, 9.17) is 4.74 Å². The summed E-state index contributed by atoms with van der Waals surface area (Å²) in [6, 6.07) is 11.0. The third kappa shape index (κ3) is 14.5. The van der Waals surface area contributed by atoms with Crippen LogP contribution in [-0.4, -0.2) is 54.9 Å². The lowest BCUT2D eigenvalue weighted by Gasteiger charge is -2.35. The zero-order valence-corrected chi connectivity index (χ0v) is 28.7. The lowest BCUT2D eigenvalue weighted by molar-refractivity contribution is -0.134. The van der Waals surface area contributed by atoms with Crippen LogP contribution in [-0.2, 0) is 33.6 Å². The molecule has 250 valence electrons. The van der Waals surface area contributed by atoms with Gasteiger partial charge < -0.3 is 15.4 Å². The highest BCUT2D eigenvalue weighted by Crippen LogP contribution is 2.32. The maximum Gasteiger partial charge on any atom is 0.312 e. The number of carbonyl (C=O) groups excluding carboxylic acids is 3. The van der Waals surface area contributed by atoms with E-state index in [2.05, 4.69) is 46.0 Å². The molecular weight excluding hydrogens is 582 g/mol. The molecule has 1 aliphatic rings. The second-order valence-electron chi connectivity index (χ2n) is 12.4. The molecule has 0 spiro atoms. The average molecular weight is 640 g/mol. The predicted molar refractivity (Wildman–Crippen MR) is 185 cm³/mol. The fourth-order valence-electron chi connectivity index (χ4n) is 6.29. The Balaban J connectivity index is 1.25. The van der Waals surface area contributed by atoms with Gasteiger partial charge in [0.2, 0.25) is 11.8 Å². The van der Waals surface area contributed by atoms with Crippen molar-refractivity contribution >= 4 is 29.1 Å². The Morgan fingerprint density at radius 2 is 1.53 bits per heavy atom. The van der Waals surface area contributed by atoms with E-state index in [1.54, 1.807) is 0 Å². The van der Waals surface area contributed by atoms with Crippen LogP contribution in [0, 0.1) is 0 Å².